The minimum absolute atomic E-state index is 0.112. The SMILES string of the molecule is Cc1ccccc1C1=CC(=CC2=C(O)C(=Cc3cc(-c4ccc(Cl)c(Cl)c4)[o+]c(-c4ccccc4C)c3)C2=O)C=C(c2ccc(Cl)c(Cl)c2)O1. The van der Waals surface area contributed by atoms with Gasteiger partial charge in [-0.1, -0.05) is 88.9 Å². The van der Waals surface area contributed by atoms with Crippen molar-refractivity contribution in [3.05, 3.63) is 186 Å². The van der Waals surface area contributed by atoms with Crippen LogP contribution in [0.1, 0.15) is 27.8 Å². The molecule has 4 aromatic carbocycles. The Morgan fingerprint density at radius 1 is 0.640 bits per heavy atom. The van der Waals surface area contributed by atoms with Crippen LogP contribution < -0.4 is 0 Å². The number of ether oxygens (including phenoxy) is 1. The number of aliphatic hydroxyl groups is 1. The van der Waals surface area contributed by atoms with Crippen LogP contribution in [-0.4, -0.2) is 10.9 Å². The number of aliphatic hydroxyl groups excluding tert-OH is 1. The molecule has 0 saturated carbocycles. The number of benzene rings is 4. The zero-order valence-electron chi connectivity index (χ0n) is 26.7. The van der Waals surface area contributed by atoms with E-state index in [1.54, 1.807) is 48.6 Å². The number of rotatable bonds is 6. The van der Waals surface area contributed by atoms with E-state index in [0.29, 0.717) is 65.4 Å². The second-order valence-electron chi connectivity index (χ2n) is 11.9. The van der Waals surface area contributed by atoms with Crippen molar-refractivity contribution in [2.45, 2.75) is 13.8 Å². The third-order valence-corrected chi connectivity index (χ3v) is 9.96. The molecule has 2 aliphatic rings. The van der Waals surface area contributed by atoms with Crippen LogP contribution in [-0.2, 0) is 9.53 Å². The maximum absolute atomic E-state index is 13.6. The smallest absolute Gasteiger partial charge is 0.361 e. The first-order chi connectivity index (χ1) is 24.0. The number of Topliss-reactive ketones (excluding diaryl/α,β-unsaturated/α-hetero) is 1. The van der Waals surface area contributed by atoms with Gasteiger partial charge in [0.05, 0.1) is 54.5 Å². The van der Waals surface area contributed by atoms with Gasteiger partial charge in [-0.3, -0.25) is 4.79 Å². The molecule has 0 spiro atoms. The van der Waals surface area contributed by atoms with Crippen molar-refractivity contribution >= 4 is 69.8 Å². The molecule has 5 aromatic rings. The van der Waals surface area contributed by atoms with E-state index in [2.05, 4.69) is 0 Å². The van der Waals surface area contributed by atoms with Gasteiger partial charge in [-0.25, -0.2) is 4.42 Å². The molecule has 1 N–H and O–H groups in total. The minimum Gasteiger partial charge on any atom is -0.506 e. The van der Waals surface area contributed by atoms with Crippen molar-refractivity contribution in [3.63, 3.8) is 0 Å². The number of aryl methyl sites for hydroxylation is 2. The molecular weight excluding hydrogens is 710 g/mol. The number of carbonyl (C=O) groups excluding carboxylic acids is 1. The first-order valence-corrected chi connectivity index (χ1v) is 17.1. The largest absolute Gasteiger partial charge is 0.506 e. The molecule has 1 aromatic heterocycles. The summed E-state index contributed by atoms with van der Waals surface area (Å²) in [6, 6.07) is 29.8. The lowest BCUT2D eigenvalue weighted by molar-refractivity contribution is -0.113. The maximum Gasteiger partial charge on any atom is 0.361 e. The van der Waals surface area contributed by atoms with E-state index >= 15 is 0 Å². The fraction of sp³-hybridized carbons (Fsp3) is 0.0476. The molecule has 0 atom stereocenters. The molecule has 0 saturated heterocycles. The average Bonchev–Trinajstić information content (AvgIpc) is 3.12. The summed E-state index contributed by atoms with van der Waals surface area (Å²) < 4.78 is 12.7. The number of hydrogen-bond donors (Lipinski definition) is 1. The zero-order valence-corrected chi connectivity index (χ0v) is 29.8. The zero-order chi connectivity index (χ0) is 35.1. The average molecular weight is 737 g/mol. The predicted octanol–water partition coefficient (Wildman–Crippen LogP) is 12.9. The first kappa shape index (κ1) is 33.6. The van der Waals surface area contributed by atoms with E-state index in [0.717, 1.165) is 22.3 Å². The van der Waals surface area contributed by atoms with Gasteiger partial charge in [0.25, 0.3) is 0 Å². The monoisotopic (exact) mass is 735 g/mol. The lowest BCUT2D eigenvalue weighted by Crippen LogP contribution is -2.21. The van der Waals surface area contributed by atoms with Crippen molar-refractivity contribution in [2.75, 3.05) is 0 Å². The predicted molar refractivity (Wildman–Crippen MR) is 204 cm³/mol. The Labute approximate surface area is 309 Å². The highest BCUT2D eigenvalue weighted by atomic mass is 35.5. The van der Waals surface area contributed by atoms with Gasteiger partial charge >= 0.3 is 11.5 Å². The lowest BCUT2D eigenvalue weighted by Gasteiger charge is -2.22. The van der Waals surface area contributed by atoms with Crippen LogP contribution in [0.3, 0.4) is 0 Å². The standard InChI is InChI=1S/C42H26Cl4O4/c1-23-7-3-5-9-29(23)39-19-25(17-37(49-39)27-11-13-33(43)35(45)21-27)15-31-41(47)32(42(31)48)16-26-18-38(28-12-14-34(44)36(46)22-28)50-40(20-26)30-10-6-4-8-24(30)2/h3-22H,1-2H3/p+1. The van der Waals surface area contributed by atoms with Crippen molar-refractivity contribution < 1.29 is 19.1 Å². The molecule has 0 bridgehead atoms. The Hall–Kier alpha value is -4.84. The number of ketones is 1. The second-order valence-corrected chi connectivity index (χ2v) is 13.5. The molecule has 1 aliphatic heterocycles. The van der Waals surface area contributed by atoms with Gasteiger partial charge in [0.15, 0.2) is 0 Å². The Kier molecular flexibility index (Phi) is 9.30. The Morgan fingerprint density at radius 2 is 1.22 bits per heavy atom. The Morgan fingerprint density at radius 3 is 1.86 bits per heavy atom. The summed E-state index contributed by atoms with van der Waals surface area (Å²) in [5, 5.41) is 12.9. The van der Waals surface area contributed by atoms with Gasteiger partial charge in [-0.05, 0) is 103 Å². The molecule has 0 unspecified atom stereocenters. The van der Waals surface area contributed by atoms with Crippen LogP contribution in [0.5, 0.6) is 0 Å². The quantitative estimate of drug-likeness (QED) is 0.139. The fourth-order valence-corrected chi connectivity index (χ4v) is 6.40. The van der Waals surface area contributed by atoms with Crippen LogP contribution >= 0.6 is 46.4 Å². The molecule has 0 amide bonds. The highest BCUT2D eigenvalue weighted by Gasteiger charge is 2.33. The van der Waals surface area contributed by atoms with Crippen LogP contribution in [0.25, 0.3) is 40.2 Å². The topological polar surface area (TPSA) is 57.8 Å². The van der Waals surface area contributed by atoms with Crippen molar-refractivity contribution in [3.8, 4) is 22.6 Å². The summed E-state index contributed by atoms with van der Waals surface area (Å²) in [5.74, 6) is 1.80. The van der Waals surface area contributed by atoms with Crippen molar-refractivity contribution in [1.29, 1.82) is 0 Å². The van der Waals surface area contributed by atoms with Crippen LogP contribution in [0.15, 0.2) is 142 Å². The second kappa shape index (κ2) is 13.8. The van der Waals surface area contributed by atoms with E-state index in [4.69, 9.17) is 55.6 Å². The number of allylic oxidation sites excluding steroid dienone is 6. The van der Waals surface area contributed by atoms with Gasteiger partial charge in [0.1, 0.15) is 17.3 Å². The van der Waals surface area contributed by atoms with Crippen LogP contribution in [0.2, 0.25) is 20.1 Å². The highest BCUT2D eigenvalue weighted by molar-refractivity contribution is 6.42. The normalized spacial score (nSPS) is 15.9. The molecular formula is C42H27Cl4O4+. The van der Waals surface area contributed by atoms with Crippen LogP contribution in [0, 0.1) is 13.8 Å². The maximum atomic E-state index is 13.6. The van der Waals surface area contributed by atoms with E-state index in [9.17, 15) is 9.90 Å². The summed E-state index contributed by atoms with van der Waals surface area (Å²) in [6.07, 6.45) is 6.96. The summed E-state index contributed by atoms with van der Waals surface area (Å²) in [6.45, 7) is 3.99. The molecule has 246 valence electrons. The summed E-state index contributed by atoms with van der Waals surface area (Å²) in [4.78, 5) is 13.6. The molecule has 1 aliphatic carbocycles. The number of hydrogen-bond acceptors (Lipinski definition) is 3. The third-order valence-electron chi connectivity index (χ3n) is 8.48. The minimum atomic E-state index is -0.300. The number of carbonyl (C=O) groups is 1. The highest BCUT2D eigenvalue weighted by Crippen LogP contribution is 2.39. The van der Waals surface area contributed by atoms with Crippen LogP contribution in [0.4, 0.5) is 0 Å². The Balaban J connectivity index is 1.31. The molecule has 8 heteroatoms. The van der Waals surface area contributed by atoms with Crippen molar-refractivity contribution in [1.82, 2.24) is 0 Å². The summed E-state index contributed by atoms with van der Waals surface area (Å²) in [5.41, 5.74) is 6.91. The molecule has 50 heavy (non-hydrogen) atoms. The van der Waals surface area contributed by atoms with E-state index < -0.39 is 0 Å². The van der Waals surface area contributed by atoms with Gasteiger partial charge in [-0.15, -0.1) is 0 Å². The molecule has 2 heterocycles. The third kappa shape index (κ3) is 6.68. The fourth-order valence-electron chi connectivity index (χ4n) is 5.80. The van der Waals surface area contributed by atoms with Gasteiger partial charge in [-0.2, -0.15) is 0 Å². The first-order valence-electron chi connectivity index (χ1n) is 15.6. The summed E-state index contributed by atoms with van der Waals surface area (Å²) in [7, 11) is 0. The van der Waals surface area contributed by atoms with Gasteiger partial charge < -0.3 is 9.84 Å². The van der Waals surface area contributed by atoms with E-state index in [-0.39, 0.29) is 22.7 Å². The van der Waals surface area contributed by atoms with E-state index in [1.807, 2.05) is 86.7 Å². The molecule has 7 rings (SSSR count). The molecule has 0 radical (unpaired) electrons. The summed E-state index contributed by atoms with van der Waals surface area (Å²) >= 11 is 25.1. The molecule has 0 fully saturated rings. The Bertz CT molecular complexity index is 2400. The lowest BCUT2D eigenvalue weighted by atomic mass is 9.85. The number of halogens is 4. The van der Waals surface area contributed by atoms with Gasteiger partial charge in [0, 0.05) is 11.1 Å². The van der Waals surface area contributed by atoms with Crippen molar-refractivity contribution in [2.24, 2.45) is 0 Å². The molecule has 4 nitrogen and oxygen atoms in total. The van der Waals surface area contributed by atoms with E-state index in [1.165, 1.54) is 0 Å². The van der Waals surface area contributed by atoms with Gasteiger partial charge in [0.2, 0.25) is 5.78 Å².